The highest BCUT2D eigenvalue weighted by molar-refractivity contribution is 6.33. The molecule has 0 spiro atoms. The van der Waals surface area contributed by atoms with Gasteiger partial charge in [0, 0.05) is 6.04 Å². The molecule has 6 nitrogen and oxygen atoms in total. The summed E-state index contributed by atoms with van der Waals surface area (Å²) < 4.78 is 18.3. The molecular weight excluding hydrogens is 351 g/mol. The van der Waals surface area contributed by atoms with Gasteiger partial charge in [-0.25, -0.2) is 14.0 Å². The van der Waals surface area contributed by atoms with Gasteiger partial charge in [0.05, 0.1) is 5.02 Å². The van der Waals surface area contributed by atoms with Crippen molar-refractivity contribution in [3.8, 4) is 0 Å². The monoisotopic (exact) mass is 370 g/mol. The van der Waals surface area contributed by atoms with Crippen molar-refractivity contribution in [2.24, 2.45) is 5.92 Å². The number of imide groups is 1. The van der Waals surface area contributed by atoms with Crippen LogP contribution in [0.3, 0.4) is 0 Å². The van der Waals surface area contributed by atoms with Crippen molar-refractivity contribution >= 4 is 29.5 Å². The quantitative estimate of drug-likeness (QED) is 0.798. The van der Waals surface area contributed by atoms with E-state index in [4.69, 9.17) is 16.3 Å². The maximum atomic E-state index is 13.6. The van der Waals surface area contributed by atoms with E-state index >= 15 is 0 Å². The maximum absolute atomic E-state index is 13.6. The minimum absolute atomic E-state index is 0.0151. The lowest BCUT2D eigenvalue weighted by molar-refractivity contribution is -0.123. The van der Waals surface area contributed by atoms with E-state index in [1.165, 1.54) is 12.1 Å². The smallest absolute Gasteiger partial charge is 0.343 e. The number of amides is 3. The van der Waals surface area contributed by atoms with E-state index in [1.807, 2.05) is 6.92 Å². The van der Waals surface area contributed by atoms with Crippen LogP contribution in [0.25, 0.3) is 0 Å². The first-order valence-corrected chi connectivity index (χ1v) is 8.47. The van der Waals surface area contributed by atoms with Crippen LogP contribution in [-0.2, 0) is 9.53 Å². The Bertz CT molecular complexity index is 648. The lowest BCUT2D eigenvalue weighted by Crippen LogP contribution is -2.48. The number of halogens is 2. The van der Waals surface area contributed by atoms with Crippen molar-refractivity contribution in [1.29, 1.82) is 0 Å². The molecule has 2 N–H and O–H groups in total. The zero-order valence-electron chi connectivity index (χ0n) is 13.8. The van der Waals surface area contributed by atoms with Crippen molar-refractivity contribution in [2.45, 2.75) is 38.6 Å². The molecule has 1 fully saturated rings. The van der Waals surface area contributed by atoms with Crippen molar-refractivity contribution in [2.75, 3.05) is 6.61 Å². The number of ether oxygens (including phenoxy) is 1. The van der Waals surface area contributed by atoms with E-state index in [0.29, 0.717) is 5.92 Å². The zero-order valence-corrected chi connectivity index (χ0v) is 14.6. The van der Waals surface area contributed by atoms with Crippen molar-refractivity contribution in [3.63, 3.8) is 0 Å². The minimum Gasteiger partial charge on any atom is -0.452 e. The number of hydrogen-bond acceptors (Lipinski definition) is 4. The van der Waals surface area contributed by atoms with Gasteiger partial charge in [0.1, 0.15) is 11.4 Å². The van der Waals surface area contributed by atoms with Crippen LogP contribution in [0.15, 0.2) is 18.2 Å². The number of urea groups is 1. The Morgan fingerprint density at radius 2 is 2.00 bits per heavy atom. The van der Waals surface area contributed by atoms with Crippen LogP contribution in [-0.4, -0.2) is 30.6 Å². The normalized spacial score (nSPS) is 19.8. The molecule has 1 saturated carbocycles. The molecule has 1 aromatic carbocycles. The van der Waals surface area contributed by atoms with Crippen LogP contribution in [0.4, 0.5) is 9.18 Å². The highest BCUT2D eigenvalue weighted by Gasteiger charge is 2.24. The molecule has 1 aliphatic carbocycles. The van der Waals surface area contributed by atoms with E-state index in [-0.39, 0.29) is 11.1 Å². The Hall–Kier alpha value is -2.15. The van der Waals surface area contributed by atoms with Gasteiger partial charge in [-0.05, 0) is 30.9 Å². The molecule has 1 aliphatic rings. The number of nitrogens with one attached hydrogen (secondary N) is 2. The van der Waals surface area contributed by atoms with E-state index in [2.05, 4.69) is 10.6 Å². The van der Waals surface area contributed by atoms with E-state index in [0.717, 1.165) is 31.7 Å². The summed E-state index contributed by atoms with van der Waals surface area (Å²) in [7, 11) is 0. The summed E-state index contributed by atoms with van der Waals surface area (Å²) in [6.45, 7) is 1.34. The Kier molecular flexibility index (Phi) is 6.75. The molecule has 136 valence electrons. The maximum Gasteiger partial charge on any atom is 0.343 e. The van der Waals surface area contributed by atoms with Gasteiger partial charge in [-0.3, -0.25) is 10.1 Å². The molecule has 0 aliphatic heterocycles. The van der Waals surface area contributed by atoms with E-state index in [9.17, 15) is 18.8 Å². The summed E-state index contributed by atoms with van der Waals surface area (Å²) >= 11 is 5.74. The van der Waals surface area contributed by atoms with Gasteiger partial charge in [0.2, 0.25) is 0 Å². The molecule has 2 unspecified atom stereocenters. The second-order valence-electron chi connectivity index (χ2n) is 6.06. The summed E-state index contributed by atoms with van der Waals surface area (Å²) in [5.74, 6) is -2.38. The number of benzene rings is 1. The second kappa shape index (κ2) is 8.80. The van der Waals surface area contributed by atoms with Crippen LogP contribution >= 0.6 is 11.6 Å². The first kappa shape index (κ1) is 19.2. The lowest BCUT2D eigenvalue weighted by atomic mass is 9.86. The van der Waals surface area contributed by atoms with Crippen molar-refractivity contribution in [3.05, 3.63) is 34.6 Å². The highest BCUT2D eigenvalue weighted by atomic mass is 35.5. The van der Waals surface area contributed by atoms with E-state index < -0.39 is 35.9 Å². The highest BCUT2D eigenvalue weighted by Crippen LogP contribution is 2.23. The SMILES string of the molecule is CC1CCCCC1NC(=O)NC(=O)COC(=O)c1c(F)cccc1Cl. The summed E-state index contributed by atoms with van der Waals surface area (Å²) in [5.41, 5.74) is -0.447. The molecule has 0 radical (unpaired) electrons. The van der Waals surface area contributed by atoms with Crippen LogP contribution in [0.2, 0.25) is 5.02 Å². The van der Waals surface area contributed by atoms with Gasteiger partial charge < -0.3 is 10.1 Å². The summed E-state index contributed by atoms with van der Waals surface area (Å²) in [5, 5.41) is 4.72. The lowest BCUT2D eigenvalue weighted by Gasteiger charge is -2.29. The third-order valence-corrected chi connectivity index (χ3v) is 4.50. The van der Waals surface area contributed by atoms with Crippen molar-refractivity contribution in [1.82, 2.24) is 10.6 Å². The minimum atomic E-state index is -1.07. The number of carbonyl (C=O) groups excluding carboxylic acids is 3. The number of carbonyl (C=O) groups is 3. The fourth-order valence-electron chi connectivity index (χ4n) is 2.79. The number of hydrogen-bond donors (Lipinski definition) is 2. The van der Waals surface area contributed by atoms with Gasteiger partial charge >= 0.3 is 12.0 Å². The molecule has 0 saturated heterocycles. The third kappa shape index (κ3) is 5.42. The first-order chi connectivity index (χ1) is 11.9. The van der Waals surface area contributed by atoms with E-state index in [1.54, 1.807) is 0 Å². The Labute approximate surface area is 150 Å². The second-order valence-corrected chi connectivity index (χ2v) is 6.47. The van der Waals surface area contributed by atoms with Crippen molar-refractivity contribution < 1.29 is 23.5 Å². The fourth-order valence-corrected chi connectivity index (χ4v) is 3.03. The molecule has 1 aromatic rings. The van der Waals surface area contributed by atoms with Gasteiger partial charge in [0.15, 0.2) is 6.61 Å². The van der Waals surface area contributed by atoms with Crippen LogP contribution < -0.4 is 10.6 Å². The molecule has 2 atom stereocenters. The number of esters is 1. The molecule has 25 heavy (non-hydrogen) atoms. The molecule has 2 rings (SSSR count). The Balaban J connectivity index is 1.80. The van der Waals surface area contributed by atoms with Crippen LogP contribution in [0, 0.1) is 11.7 Å². The molecule has 3 amide bonds. The summed E-state index contributed by atoms with van der Waals surface area (Å²) in [4.78, 5) is 35.3. The topological polar surface area (TPSA) is 84.5 Å². The Morgan fingerprint density at radius 3 is 2.68 bits per heavy atom. The van der Waals surface area contributed by atoms with Gasteiger partial charge in [-0.15, -0.1) is 0 Å². The predicted octanol–water partition coefficient (Wildman–Crippen LogP) is 3.04. The standard InChI is InChI=1S/C17H20ClFN2O4/c1-10-5-2-3-8-13(10)20-17(24)21-14(22)9-25-16(23)15-11(18)6-4-7-12(15)19/h4,6-7,10,13H,2-3,5,8-9H2,1H3,(H2,20,21,22,24). The van der Waals surface area contributed by atoms with Crippen LogP contribution in [0.1, 0.15) is 43.0 Å². The largest absolute Gasteiger partial charge is 0.452 e. The molecule has 0 bridgehead atoms. The Morgan fingerprint density at radius 1 is 1.28 bits per heavy atom. The fraction of sp³-hybridized carbons (Fsp3) is 0.471. The van der Waals surface area contributed by atoms with Gasteiger partial charge in [0.25, 0.3) is 5.91 Å². The average Bonchev–Trinajstić information content (AvgIpc) is 2.55. The molecular formula is C17H20ClFN2O4. The van der Waals surface area contributed by atoms with Gasteiger partial charge in [-0.2, -0.15) is 0 Å². The molecule has 8 heteroatoms. The number of rotatable bonds is 4. The first-order valence-electron chi connectivity index (χ1n) is 8.10. The average molecular weight is 371 g/mol. The van der Waals surface area contributed by atoms with Gasteiger partial charge in [-0.1, -0.05) is 37.4 Å². The predicted molar refractivity (Wildman–Crippen MR) is 89.8 cm³/mol. The summed E-state index contributed by atoms with van der Waals surface area (Å²) in [6, 6.07) is 3.11. The zero-order chi connectivity index (χ0) is 18.4. The molecule has 0 aromatic heterocycles. The third-order valence-electron chi connectivity index (χ3n) is 4.18. The molecule has 0 heterocycles. The summed E-state index contributed by atoms with van der Waals surface area (Å²) in [6.07, 6.45) is 4.06. The van der Waals surface area contributed by atoms with Crippen LogP contribution in [0.5, 0.6) is 0 Å².